The summed E-state index contributed by atoms with van der Waals surface area (Å²) >= 11 is 0. The number of sulfone groups is 1. The molecule has 11 heavy (non-hydrogen) atoms. The first-order chi connectivity index (χ1) is 4.98. The summed E-state index contributed by atoms with van der Waals surface area (Å²) in [5.74, 6) is 0.366. The third kappa shape index (κ3) is 5.84. The molecule has 0 unspecified atom stereocenters. The maximum atomic E-state index is 10.9. The van der Waals surface area contributed by atoms with Crippen LogP contribution in [0.5, 0.6) is 0 Å². The van der Waals surface area contributed by atoms with Crippen LogP contribution < -0.4 is 5.73 Å². The van der Waals surface area contributed by atoms with E-state index in [0.717, 1.165) is 0 Å². The summed E-state index contributed by atoms with van der Waals surface area (Å²) in [6.07, 6.45) is 0.838. The summed E-state index contributed by atoms with van der Waals surface area (Å²) in [5.41, 5.74) is 5.05. The molecule has 66 valence electrons. The first-order valence-electron chi connectivity index (χ1n) is 3.51. The second-order valence-corrected chi connectivity index (χ2v) is 4.84. The minimum absolute atomic E-state index is 0.0521. The maximum Gasteiger partial charge on any atom is 0.150 e. The van der Waals surface area contributed by atoms with Gasteiger partial charge in [-0.15, -0.1) is 0 Å². The molecular formula is C6H14N2O2S. The number of amidine groups is 1. The van der Waals surface area contributed by atoms with Crippen LogP contribution >= 0.6 is 0 Å². The molecule has 0 spiro atoms. The topological polar surface area (TPSA) is 84.0 Å². The van der Waals surface area contributed by atoms with E-state index in [2.05, 4.69) is 0 Å². The van der Waals surface area contributed by atoms with Gasteiger partial charge in [-0.2, -0.15) is 0 Å². The van der Waals surface area contributed by atoms with Gasteiger partial charge in [0.15, 0.2) is 0 Å². The van der Waals surface area contributed by atoms with Gasteiger partial charge in [-0.25, -0.2) is 8.42 Å². The Morgan fingerprint density at radius 1 is 1.55 bits per heavy atom. The summed E-state index contributed by atoms with van der Waals surface area (Å²) in [6, 6.07) is 0. The normalized spacial score (nSPS) is 11.4. The Morgan fingerprint density at radius 3 is 2.45 bits per heavy atom. The van der Waals surface area contributed by atoms with Crippen LogP contribution in [0.15, 0.2) is 0 Å². The second-order valence-electron chi connectivity index (χ2n) is 2.37. The molecule has 0 aromatic rings. The SMILES string of the molecule is CCS(=O)(=O)CCCC(=N)N. The number of nitrogens with two attached hydrogens (primary N) is 1. The van der Waals surface area contributed by atoms with Crippen molar-refractivity contribution in [3.8, 4) is 0 Å². The third-order valence-corrected chi connectivity index (χ3v) is 3.13. The van der Waals surface area contributed by atoms with Crippen LogP contribution in [-0.4, -0.2) is 25.8 Å². The predicted octanol–water partition coefficient (Wildman–Crippen LogP) is 0.137. The van der Waals surface area contributed by atoms with Crippen LogP contribution in [0.3, 0.4) is 0 Å². The molecule has 5 heteroatoms. The molecule has 0 saturated carbocycles. The Labute approximate surface area is 67.2 Å². The van der Waals surface area contributed by atoms with Gasteiger partial charge in [0.1, 0.15) is 9.84 Å². The molecule has 0 amide bonds. The van der Waals surface area contributed by atoms with Crippen molar-refractivity contribution in [2.45, 2.75) is 19.8 Å². The van der Waals surface area contributed by atoms with E-state index in [-0.39, 0.29) is 17.3 Å². The molecule has 0 radical (unpaired) electrons. The fourth-order valence-corrected chi connectivity index (χ4v) is 1.50. The molecule has 0 aromatic heterocycles. The highest BCUT2D eigenvalue weighted by Gasteiger charge is 2.06. The number of hydrogen-bond donors (Lipinski definition) is 2. The van der Waals surface area contributed by atoms with Gasteiger partial charge in [0.2, 0.25) is 0 Å². The van der Waals surface area contributed by atoms with Gasteiger partial charge < -0.3 is 5.73 Å². The third-order valence-electron chi connectivity index (χ3n) is 1.34. The molecule has 0 fully saturated rings. The Bertz CT molecular complexity index is 221. The van der Waals surface area contributed by atoms with Gasteiger partial charge in [-0.1, -0.05) is 6.92 Å². The molecule has 0 bridgehead atoms. The van der Waals surface area contributed by atoms with Crippen molar-refractivity contribution in [1.82, 2.24) is 0 Å². The van der Waals surface area contributed by atoms with Gasteiger partial charge in [0.05, 0.1) is 11.6 Å². The van der Waals surface area contributed by atoms with Gasteiger partial charge in [0.25, 0.3) is 0 Å². The van der Waals surface area contributed by atoms with Crippen molar-refractivity contribution in [3.63, 3.8) is 0 Å². The van der Waals surface area contributed by atoms with E-state index in [1.807, 2.05) is 0 Å². The minimum Gasteiger partial charge on any atom is -0.388 e. The van der Waals surface area contributed by atoms with Gasteiger partial charge >= 0.3 is 0 Å². The van der Waals surface area contributed by atoms with Gasteiger partial charge in [0, 0.05) is 12.2 Å². The summed E-state index contributed by atoms with van der Waals surface area (Å²) in [7, 11) is -2.87. The molecule has 0 rings (SSSR count). The van der Waals surface area contributed by atoms with Crippen molar-refractivity contribution >= 4 is 15.7 Å². The Balaban J connectivity index is 3.63. The largest absolute Gasteiger partial charge is 0.388 e. The highest BCUT2D eigenvalue weighted by Crippen LogP contribution is 1.96. The van der Waals surface area contributed by atoms with Crippen molar-refractivity contribution in [1.29, 1.82) is 5.41 Å². The van der Waals surface area contributed by atoms with E-state index in [1.165, 1.54) is 0 Å². The highest BCUT2D eigenvalue weighted by atomic mass is 32.2. The Hall–Kier alpha value is -0.580. The molecule has 0 aliphatic rings. The van der Waals surface area contributed by atoms with E-state index < -0.39 is 9.84 Å². The average Bonchev–Trinajstić information content (AvgIpc) is 1.87. The molecule has 0 aliphatic heterocycles. The average molecular weight is 178 g/mol. The van der Waals surface area contributed by atoms with Crippen LogP contribution in [0.2, 0.25) is 0 Å². The number of hydrogen-bond acceptors (Lipinski definition) is 3. The lowest BCUT2D eigenvalue weighted by Crippen LogP contribution is -2.14. The van der Waals surface area contributed by atoms with Crippen LogP contribution in [0.4, 0.5) is 0 Å². The smallest absolute Gasteiger partial charge is 0.150 e. The summed E-state index contributed by atoms with van der Waals surface area (Å²) in [6.45, 7) is 1.61. The van der Waals surface area contributed by atoms with Crippen molar-refractivity contribution < 1.29 is 8.42 Å². The van der Waals surface area contributed by atoms with Crippen LogP contribution in [-0.2, 0) is 9.84 Å². The first kappa shape index (κ1) is 10.4. The van der Waals surface area contributed by atoms with Crippen molar-refractivity contribution in [2.24, 2.45) is 5.73 Å². The van der Waals surface area contributed by atoms with E-state index >= 15 is 0 Å². The molecule has 0 heterocycles. The maximum absolute atomic E-state index is 10.9. The zero-order chi connectivity index (χ0) is 8.91. The fraction of sp³-hybridized carbons (Fsp3) is 0.833. The molecule has 3 N–H and O–H groups in total. The highest BCUT2D eigenvalue weighted by molar-refractivity contribution is 7.91. The van der Waals surface area contributed by atoms with E-state index in [4.69, 9.17) is 11.1 Å². The van der Waals surface area contributed by atoms with Crippen LogP contribution in [0, 0.1) is 5.41 Å². The summed E-state index contributed by atoms with van der Waals surface area (Å²) in [5, 5.41) is 6.84. The quantitative estimate of drug-likeness (QED) is 0.464. The second kappa shape index (κ2) is 4.33. The predicted molar refractivity (Wildman–Crippen MR) is 45.5 cm³/mol. The zero-order valence-electron chi connectivity index (χ0n) is 6.63. The van der Waals surface area contributed by atoms with Crippen molar-refractivity contribution in [2.75, 3.05) is 11.5 Å². The summed E-state index contributed by atoms with van der Waals surface area (Å²) < 4.78 is 21.7. The lowest BCUT2D eigenvalue weighted by Gasteiger charge is -1.99. The van der Waals surface area contributed by atoms with Crippen LogP contribution in [0.25, 0.3) is 0 Å². The molecule has 0 aromatic carbocycles. The van der Waals surface area contributed by atoms with Gasteiger partial charge in [-0.3, -0.25) is 5.41 Å². The van der Waals surface area contributed by atoms with E-state index in [9.17, 15) is 8.42 Å². The first-order valence-corrected chi connectivity index (χ1v) is 5.33. The lowest BCUT2D eigenvalue weighted by atomic mass is 10.3. The standard InChI is InChI=1S/C6H14N2O2S/c1-2-11(9,10)5-3-4-6(7)8/h2-5H2,1H3,(H3,7,8). The molecule has 0 atom stereocenters. The Kier molecular flexibility index (Phi) is 4.10. The fourth-order valence-electron chi connectivity index (χ4n) is 0.627. The zero-order valence-corrected chi connectivity index (χ0v) is 7.45. The summed E-state index contributed by atoms with van der Waals surface area (Å²) in [4.78, 5) is 0. The number of nitrogens with one attached hydrogen (secondary N) is 1. The van der Waals surface area contributed by atoms with Crippen LogP contribution in [0.1, 0.15) is 19.8 Å². The molecular weight excluding hydrogens is 164 g/mol. The molecule has 4 nitrogen and oxygen atoms in total. The number of rotatable bonds is 5. The molecule has 0 saturated heterocycles. The van der Waals surface area contributed by atoms with Crippen molar-refractivity contribution in [3.05, 3.63) is 0 Å². The van der Waals surface area contributed by atoms with Gasteiger partial charge in [-0.05, 0) is 6.42 Å². The molecule has 0 aliphatic carbocycles. The minimum atomic E-state index is -2.87. The van der Waals surface area contributed by atoms with E-state index in [0.29, 0.717) is 12.8 Å². The monoisotopic (exact) mass is 178 g/mol. The Morgan fingerprint density at radius 2 is 2.09 bits per heavy atom. The van der Waals surface area contributed by atoms with E-state index in [1.54, 1.807) is 6.92 Å². The lowest BCUT2D eigenvalue weighted by molar-refractivity contribution is 0.595.